The maximum atomic E-state index is 13.0. The van der Waals surface area contributed by atoms with E-state index in [-0.39, 0.29) is 11.6 Å². The van der Waals surface area contributed by atoms with Gasteiger partial charge in [-0.2, -0.15) is 5.26 Å². The topological polar surface area (TPSA) is 93.8 Å². The summed E-state index contributed by atoms with van der Waals surface area (Å²) < 4.78 is 16.8. The van der Waals surface area contributed by atoms with Crippen molar-refractivity contribution >= 4 is 22.3 Å². The third-order valence-electron chi connectivity index (χ3n) is 5.05. The molecule has 27 heavy (non-hydrogen) atoms. The predicted octanol–water partition coefficient (Wildman–Crippen LogP) is 2.91. The second kappa shape index (κ2) is 6.62. The van der Waals surface area contributed by atoms with Gasteiger partial charge in [-0.05, 0) is 59.1 Å². The molecule has 0 saturated heterocycles. The summed E-state index contributed by atoms with van der Waals surface area (Å²) in [5, 5.41) is 10.1. The van der Waals surface area contributed by atoms with Crippen molar-refractivity contribution in [2.45, 2.75) is 63.7 Å². The Morgan fingerprint density at radius 1 is 1.41 bits per heavy atom. The van der Waals surface area contributed by atoms with Gasteiger partial charge in [0.15, 0.2) is 0 Å². The van der Waals surface area contributed by atoms with Gasteiger partial charge in [-0.1, -0.05) is 6.07 Å². The zero-order valence-electron chi connectivity index (χ0n) is 16.7. The monoisotopic (exact) mass is 386 g/mol. The molecule has 1 aromatic heterocycles. The quantitative estimate of drug-likeness (QED) is 0.816. The number of aryl methyl sites for hydroxylation is 1. The minimum absolute atomic E-state index is 0.148. The van der Waals surface area contributed by atoms with Gasteiger partial charge in [0.2, 0.25) is 0 Å². The Balaban J connectivity index is 2.19. The molecule has 1 aliphatic rings. The maximum Gasteiger partial charge on any atom is 0.261 e. The SMILES string of the molecule is Cc1cc(C(C)N[S+]([O-])C(C)(C)C)c2nc(C3(C#N)CC3)n(C)c(=O)c2c1. The van der Waals surface area contributed by atoms with E-state index in [1.165, 1.54) is 4.57 Å². The van der Waals surface area contributed by atoms with Crippen LogP contribution in [0.1, 0.15) is 63.5 Å². The van der Waals surface area contributed by atoms with Crippen molar-refractivity contribution in [1.29, 1.82) is 5.26 Å². The number of hydrogen-bond acceptors (Lipinski definition) is 5. The number of nitrogens with one attached hydrogen (secondary N) is 1. The zero-order chi connectivity index (χ0) is 20.1. The highest BCUT2D eigenvalue weighted by atomic mass is 32.2. The summed E-state index contributed by atoms with van der Waals surface area (Å²) in [4.78, 5) is 17.8. The molecule has 0 aliphatic heterocycles. The van der Waals surface area contributed by atoms with E-state index >= 15 is 0 Å². The third kappa shape index (κ3) is 3.49. The number of nitriles is 1. The zero-order valence-corrected chi connectivity index (χ0v) is 17.5. The van der Waals surface area contributed by atoms with Gasteiger partial charge >= 0.3 is 0 Å². The van der Waals surface area contributed by atoms with Gasteiger partial charge in [0.05, 0.1) is 23.0 Å². The van der Waals surface area contributed by atoms with Gasteiger partial charge in [0.25, 0.3) is 5.56 Å². The first-order chi connectivity index (χ1) is 12.5. The van der Waals surface area contributed by atoms with Crippen molar-refractivity contribution in [3.8, 4) is 6.07 Å². The molecule has 0 bridgehead atoms. The molecule has 1 saturated carbocycles. The highest BCUT2D eigenvalue weighted by molar-refractivity contribution is 7.90. The van der Waals surface area contributed by atoms with E-state index in [0.29, 0.717) is 16.7 Å². The molecular weight excluding hydrogens is 360 g/mol. The number of aromatic nitrogens is 2. The van der Waals surface area contributed by atoms with E-state index in [0.717, 1.165) is 24.0 Å². The second-order valence-electron chi connectivity index (χ2n) is 8.46. The van der Waals surface area contributed by atoms with Crippen molar-refractivity contribution in [3.63, 3.8) is 0 Å². The average molecular weight is 387 g/mol. The lowest BCUT2D eigenvalue weighted by atomic mass is 10.0. The Labute approximate surface area is 162 Å². The number of hydrogen-bond donors (Lipinski definition) is 1. The van der Waals surface area contributed by atoms with Crippen LogP contribution in [-0.4, -0.2) is 18.9 Å². The smallest absolute Gasteiger partial charge is 0.261 e. The lowest BCUT2D eigenvalue weighted by molar-refractivity contribution is 0.531. The molecule has 0 radical (unpaired) electrons. The van der Waals surface area contributed by atoms with Gasteiger partial charge < -0.3 is 4.55 Å². The summed E-state index contributed by atoms with van der Waals surface area (Å²) in [6.07, 6.45) is 1.44. The maximum absolute atomic E-state index is 13.0. The third-order valence-corrected chi connectivity index (χ3v) is 6.73. The van der Waals surface area contributed by atoms with E-state index in [2.05, 4.69) is 10.8 Å². The van der Waals surface area contributed by atoms with E-state index in [9.17, 15) is 14.6 Å². The summed E-state index contributed by atoms with van der Waals surface area (Å²) >= 11 is -1.25. The number of fused-ring (bicyclic) bond motifs is 1. The molecule has 1 heterocycles. The minimum Gasteiger partial charge on any atom is -0.598 e. The largest absolute Gasteiger partial charge is 0.598 e. The van der Waals surface area contributed by atoms with Crippen LogP contribution in [-0.2, 0) is 23.8 Å². The lowest BCUT2D eigenvalue weighted by Crippen LogP contribution is -2.40. The number of benzene rings is 1. The molecule has 2 unspecified atom stereocenters. The van der Waals surface area contributed by atoms with Crippen LogP contribution in [0.15, 0.2) is 16.9 Å². The Bertz CT molecular complexity index is 996. The predicted molar refractivity (Wildman–Crippen MR) is 108 cm³/mol. The minimum atomic E-state index is -1.25. The number of nitrogens with zero attached hydrogens (tertiary/aromatic N) is 3. The molecule has 7 heteroatoms. The highest BCUT2D eigenvalue weighted by Crippen LogP contribution is 2.46. The molecule has 0 amide bonds. The van der Waals surface area contributed by atoms with Gasteiger partial charge in [-0.25, -0.2) is 4.98 Å². The van der Waals surface area contributed by atoms with E-state index in [1.54, 1.807) is 7.05 Å². The Hall–Kier alpha value is -1.88. The average Bonchev–Trinajstić information content (AvgIpc) is 3.38. The van der Waals surface area contributed by atoms with Crippen LogP contribution in [0.25, 0.3) is 10.9 Å². The van der Waals surface area contributed by atoms with Crippen LogP contribution in [0.4, 0.5) is 0 Å². The molecule has 0 spiro atoms. The molecule has 144 valence electrons. The highest BCUT2D eigenvalue weighted by Gasteiger charge is 2.48. The molecule has 2 atom stereocenters. The first-order valence-corrected chi connectivity index (χ1v) is 10.3. The summed E-state index contributed by atoms with van der Waals surface area (Å²) in [6.45, 7) is 9.59. The molecule has 6 nitrogen and oxygen atoms in total. The summed E-state index contributed by atoms with van der Waals surface area (Å²) in [6, 6.07) is 5.88. The molecule has 3 rings (SSSR count). The first kappa shape index (κ1) is 19.9. The molecule has 1 aliphatic carbocycles. The standard InChI is InChI=1S/C20H26N4O2S/c1-12-9-14(13(2)23-27(26)19(3,4)5)16-15(10-12)17(25)24(6)18(22-16)20(11-21)7-8-20/h9-10,13,23H,7-8H2,1-6H3. The fraction of sp³-hybridized carbons (Fsp3) is 0.550. The first-order valence-electron chi connectivity index (χ1n) is 9.11. The number of rotatable bonds is 4. The van der Waals surface area contributed by atoms with Crippen molar-refractivity contribution < 1.29 is 4.55 Å². The summed E-state index contributed by atoms with van der Waals surface area (Å²) in [7, 11) is 1.68. The molecule has 1 aromatic carbocycles. The van der Waals surface area contributed by atoms with Crippen molar-refractivity contribution in [2.24, 2.45) is 7.05 Å². The summed E-state index contributed by atoms with van der Waals surface area (Å²) in [5.41, 5.74) is 1.56. The fourth-order valence-electron chi connectivity index (χ4n) is 3.22. The van der Waals surface area contributed by atoms with Gasteiger partial charge in [0, 0.05) is 24.0 Å². The van der Waals surface area contributed by atoms with Gasteiger partial charge in [-0.15, -0.1) is 4.72 Å². The molecular formula is C20H26N4O2S. The van der Waals surface area contributed by atoms with Gasteiger partial charge in [0.1, 0.15) is 16.0 Å². The molecule has 1 fully saturated rings. The molecule has 1 N–H and O–H groups in total. The van der Waals surface area contributed by atoms with E-state index in [4.69, 9.17) is 4.98 Å². The van der Waals surface area contributed by atoms with E-state index in [1.807, 2.05) is 46.8 Å². The van der Waals surface area contributed by atoms with Crippen LogP contribution in [0.2, 0.25) is 0 Å². The van der Waals surface area contributed by atoms with Gasteiger partial charge in [-0.3, -0.25) is 9.36 Å². The van der Waals surface area contributed by atoms with Crippen LogP contribution in [0.3, 0.4) is 0 Å². The van der Waals surface area contributed by atoms with Crippen LogP contribution < -0.4 is 10.3 Å². The van der Waals surface area contributed by atoms with Crippen LogP contribution in [0.5, 0.6) is 0 Å². The van der Waals surface area contributed by atoms with Crippen LogP contribution in [0, 0.1) is 18.3 Å². The second-order valence-corrected chi connectivity index (χ2v) is 10.5. The Morgan fingerprint density at radius 3 is 2.56 bits per heavy atom. The van der Waals surface area contributed by atoms with Crippen molar-refractivity contribution in [2.75, 3.05) is 0 Å². The lowest BCUT2D eigenvalue weighted by Gasteiger charge is -2.27. The Morgan fingerprint density at radius 2 is 2.04 bits per heavy atom. The normalized spacial score (nSPS) is 18.1. The van der Waals surface area contributed by atoms with Crippen molar-refractivity contribution in [3.05, 3.63) is 39.4 Å². The fourth-order valence-corrected chi connectivity index (χ4v) is 4.02. The summed E-state index contributed by atoms with van der Waals surface area (Å²) in [5.74, 6) is 0.525. The Kier molecular flexibility index (Phi) is 4.87. The van der Waals surface area contributed by atoms with Crippen molar-refractivity contribution in [1.82, 2.24) is 14.3 Å². The molecule has 2 aromatic rings. The van der Waals surface area contributed by atoms with E-state index < -0.39 is 21.5 Å². The van der Waals surface area contributed by atoms with Crippen LogP contribution >= 0.6 is 0 Å².